The van der Waals surface area contributed by atoms with Gasteiger partial charge in [-0.05, 0) is 30.3 Å². The number of anilines is 2. The summed E-state index contributed by atoms with van der Waals surface area (Å²) in [5.74, 6) is -3.07. The van der Waals surface area contributed by atoms with Gasteiger partial charge in [-0.2, -0.15) is 0 Å². The molecular weight excluding hydrogens is 354 g/mol. The molecule has 0 radical (unpaired) electrons. The van der Waals surface area contributed by atoms with Crippen molar-refractivity contribution in [1.29, 1.82) is 0 Å². The van der Waals surface area contributed by atoms with Crippen molar-refractivity contribution in [2.24, 2.45) is 0 Å². The fourth-order valence-corrected chi connectivity index (χ4v) is 2.08. The molecule has 0 saturated heterocycles. The van der Waals surface area contributed by atoms with E-state index in [4.69, 9.17) is 17.3 Å². The van der Waals surface area contributed by atoms with Crippen molar-refractivity contribution in [2.75, 3.05) is 11.1 Å². The predicted octanol–water partition coefficient (Wildman–Crippen LogP) is 4.22. The number of benzene rings is 2. The fraction of sp³-hybridized carbons (Fsp3) is 0. The van der Waals surface area contributed by atoms with E-state index in [1.165, 1.54) is 12.1 Å². The van der Waals surface area contributed by atoms with Gasteiger partial charge in [0.1, 0.15) is 11.4 Å². The zero-order valence-corrected chi connectivity index (χ0v) is 12.2. The van der Waals surface area contributed by atoms with Crippen LogP contribution in [0.3, 0.4) is 0 Å². The van der Waals surface area contributed by atoms with Crippen molar-refractivity contribution in [3.8, 4) is 0 Å². The van der Waals surface area contributed by atoms with E-state index in [1.807, 2.05) is 0 Å². The number of carbonyl (C=O) groups is 1. The molecule has 7 heteroatoms. The normalized spacial score (nSPS) is 10.4. The van der Waals surface area contributed by atoms with Crippen LogP contribution < -0.4 is 11.1 Å². The molecule has 2 rings (SSSR count). The summed E-state index contributed by atoms with van der Waals surface area (Å²) in [5, 5.41) is 2.58. The second-order valence-electron chi connectivity index (χ2n) is 3.90. The van der Waals surface area contributed by atoms with Crippen LogP contribution in [0.2, 0.25) is 5.02 Å². The first-order valence-electron chi connectivity index (χ1n) is 5.40. The molecule has 0 unspecified atom stereocenters. The molecule has 0 fully saturated rings. The molecule has 0 saturated carbocycles. The van der Waals surface area contributed by atoms with E-state index < -0.39 is 23.1 Å². The van der Waals surface area contributed by atoms with Gasteiger partial charge in [-0.25, -0.2) is 8.78 Å². The third-order valence-electron chi connectivity index (χ3n) is 2.52. The van der Waals surface area contributed by atoms with Gasteiger partial charge in [0.05, 0.1) is 16.4 Å². The smallest absolute Gasteiger partial charge is 0.261 e. The van der Waals surface area contributed by atoms with Crippen LogP contribution in [-0.4, -0.2) is 5.91 Å². The van der Waals surface area contributed by atoms with Crippen LogP contribution >= 0.6 is 27.5 Å². The standard InChI is InChI=1S/C13H8BrClF2N2O/c14-6-1-2-7(15)10(5-6)19-13(20)11-8(16)3-4-9(18)12(11)17/h1-5H,18H2,(H,19,20). The highest BCUT2D eigenvalue weighted by atomic mass is 79.9. The molecule has 0 bridgehead atoms. The fourth-order valence-electron chi connectivity index (χ4n) is 1.55. The first-order chi connectivity index (χ1) is 9.40. The Kier molecular flexibility index (Phi) is 4.25. The molecule has 0 spiro atoms. The Balaban J connectivity index is 2.38. The molecule has 20 heavy (non-hydrogen) atoms. The zero-order chi connectivity index (χ0) is 14.9. The van der Waals surface area contributed by atoms with Crippen molar-refractivity contribution < 1.29 is 13.6 Å². The third kappa shape index (κ3) is 2.91. The lowest BCUT2D eigenvalue weighted by molar-refractivity contribution is 0.101. The monoisotopic (exact) mass is 360 g/mol. The van der Waals surface area contributed by atoms with Gasteiger partial charge in [-0.1, -0.05) is 27.5 Å². The van der Waals surface area contributed by atoms with E-state index in [0.29, 0.717) is 4.47 Å². The minimum absolute atomic E-state index is 0.229. The lowest BCUT2D eigenvalue weighted by Crippen LogP contribution is -2.17. The minimum Gasteiger partial charge on any atom is -0.396 e. The average molecular weight is 362 g/mol. The largest absolute Gasteiger partial charge is 0.396 e. The topological polar surface area (TPSA) is 55.1 Å². The number of hydrogen-bond acceptors (Lipinski definition) is 2. The minimum atomic E-state index is -1.10. The van der Waals surface area contributed by atoms with Crippen molar-refractivity contribution in [3.63, 3.8) is 0 Å². The Hall–Kier alpha value is -1.66. The molecular formula is C13H8BrClF2N2O. The van der Waals surface area contributed by atoms with Crippen LogP contribution in [0.1, 0.15) is 10.4 Å². The Bertz CT molecular complexity index is 694. The van der Waals surface area contributed by atoms with Gasteiger partial charge >= 0.3 is 0 Å². The number of nitrogen functional groups attached to an aromatic ring is 1. The van der Waals surface area contributed by atoms with Gasteiger partial charge in [-0.3, -0.25) is 4.79 Å². The molecule has 0 aliphatic rings. The number of nitrogens with one attached hydrogen (secondary N) is 1. The second kappa shape index (κ2) is 5.76. The molecule has 0 aliphatic carbocycles. The molecule has 2 aromatic rings. The number of nitrogens with two attached hydrogens (primary N) is 1. The van der Waals surface area contributed by atoms with Crippen LogP contribution in [0.5, 0.6) is 0 Å². The van der Waals surface area contributed by atoms with E-state index >= 15 is 0 Å². The van der Waals surface area contributed by atoms with Crippen molar-refractivity contribution >= 4 is 44.8 Å². The summed E-state index contributed by atoms with van der Waals surface area (Å²) in [6.07, 6.45) is 0. The van der Waals surface area contributed by atoms with Gasteiger partial charge in [0, 0.05) is 4.47 Å². The summed E-state index contributed by atoms with van der Waals surface area (Å²) in [4.78, 5) is 12.0. The van der Waals surface area contributed by atoms with Gasteiger partial charge in [0.25, 0.3) is 5.91 Å². The first-order valence-corrected chi connectivity index (χ1v) is 6.57. The Labute approximate surface area is 126 Å². The van der Waals surface area contributed by atoms with Crippen LogP contribution in [0.4, 0.5) is 20.2 Å². The highest BCUT2D eigenvalue weighted by Crippen LogP contribution is 2.27. The molecule has 2 aromatic carbocycles. The number of rotatable bonds is 2. The molecule has 0 atom stereocenters. The van der Waals surface area contributed by atoms with Crippen LogP contribution in [0, 0.1) is 11.6 Å². The molecule has 104 valence electrons. The number of hydrogen-bond donors (Lipinski definition) is 2. The van der Waals surface area contributed by atoms with E-state index in [1.54, 1.807) is 6.07 Å². The van der Waals surface area contributed by atoms with Crippen molar-refractivity contribution in [1.82, 2.24) is 0 Å². The van der Waals surface area contributed by atoms with E-state index in [2.05, 4.69) is 21.2 Å². The summed E-state index contributed by atoms with van der Waals surface area (Å²) in [6.45, 7) is 0. The molecule has 0 heterocycles. The molecule has 0 aromatic heterocycles. The van der Waals surface area contributed by atoms with Crippen molar-refractivity contribution in [2.45, 2.75) is 0 Å². The van der Waals surface area contributed by atoms with Crippen molar-refractivity contribution in [3.05, 3.63) is 57.0 Å². The lowest BCUT2D eigenvalue weighted by Gasteiger charge is -2.10. The third-order valence-corrected chi connectivity index (χ3v) is 3.35. The van der Waals surface area contributed by atoms with E-state index in [9.17, 15) is 13.6 Å². The summed E-state index contributed by atoms with van der Waals surface area (Å²) in [5.41, 5.74) is 4.49. The maximum absolute atomic E-state index is 13.7. The highest BCUT2D eigenvalue weighted by molar-refractivity contribution is 9.10. The van der Waals surface area contributed by atoms with Crippen LogP contribution in [0.15, 0.2) is 34.8 Å². The van der Waals surface area contributed by atoms with Gasteiger partial charge in [0.2, 0.25) is 0 Å². The first kappa shape index (κ1) is 14.7. The zero-order valence-electron chi connectivity index (χ0n) is 9.88. The molecule has 1 amide bonds. The summed E-state index contributed by atoms with van der Waals surface area (Å²) in [7, 11) is 0. The lowest BCUT2D eigenvalue weighted by atomic mass is 10.1. The SMILES string of the molecule is Nc1ccc(F)c(C(=O)Nc2cc(Br)ccc2Cl)c1F. The van der Waals surface area contributed by atoms with E-state index in [0.717, 1.165) is 12.1 Å². The molecule has 3 N–H and O–H groups in total. The van der Waals surface area contributed by atoms with Gasteiger partial charge < -0.3 is 11.1 Å². The van der Waals surface area contributed by atoms with Crippen LogP contribution in [0.25, 0.3) is 0 Å². The highest BCUT2D eigenvalue weighted by Gasteiger charge is 2.20. The Morgan fingerprint density at radius 1 is 1.25 bits per heavy atom. The maximum atomic E-state index is 13.7. The van der Waals surface area contributed by atoms with Gasteiger partial charge in [-0.15, -0.1) is 0 Å². The van der Waals surface area contributed by atoms with Crippen LogP contribution in [-0.2, 0) is 0 Å². The Morgan fingerprint density at radius 3 is 2.65 bits per heavy atom. The summed E-state index contributed by atoms with van der Waals surface area (Å²) >= 11 is 9.10. The summed E-state index contributed by atoms with van der Waals surface area (Å²) < 4.78 is 28.0. The maximum Gasteiger partial charge on any atom is 0.261 e. The average Bonchev–Trinajstić information content (AvgIpc) is 2.39. The quantitative estimate of drug-likeness (QED) is 0.787. The van der Waals surface area contributed by atoms with Gasteiger partial charge in [0.15, 0.2) is 5.82 Å². The predicted molar refractivity (Wildman–Crippen MR) is 77.9 cm³/mol. The number of halogens is 4. The second-order valence-corrected chi connectivity index (χ2v) is 5.23. The van der Waals surface area contributed by atoms with E-state index in [-0.39, 0.29) is 16.4 Å². The Morgan fingerprint density at radius 2 is 1.95 bits per heavy atom. The molecule has 0 aliphatic heterocycles. The number of amides is 1. The molecule has 3 nitrogen and oxygen atoms in total. The summed E-state index contributed by atoms with van der Waals surface area (Å²) in [6, 6.07) is 6.69. The number of carbonyl (C=O) groups excluding carboxylic acids is 1.